The number of pyridine rings is 1. The Balaban J connectivity index is 0. The number of anilines is 1. The van der Waals surface area contributed by atoms with Crippen molar-refractivity contribution in [1.29, 1.82) is 0 Å². The third-order valence-electron chi connectivity index (χ3n) is 7.81. The Bertz CT molecular complexity index is 943. The molecule has 4 rings (SSSR count). The van der Waals surface area contributed by atoms with Crippen LogP contribution in [0.1, 0.15) is 175 Å². The summed E-state index contributed by atoms with van der Waals surface area (Å²) in [6.45, 7) is 30.6. The average molecular weight is 624 g/mol. The fourth-order valence-electron chi connectivity index (χ4n) is 5.15. The first-order valence-electron chi connectivity index (χ1n) is 19.3. The van der Waals surface area contributed by atoms with Gasteiger partial charge in [0.25, 0.3) is 0 Å². The third kappa shape index (κ3) is 19.7. The standard InChI is InChI=1S/C25H33N3.C7H16.C4H10.3C2H6/c1-3-16-28-18-23-17-20(10-12-21(23)11-9-19(28)2)6-4-8-24-14-13-22-7-5-15-26-25(22)27-24;1-3-5-7-6-4-2;1-3-4-2;3*1-2/h10,12-14,17H,2-9,11,15-16,18H2,1H3,(H,26,27);3-7H2,1-2H3;3-4H2,1-2H3;3*1-2H3. The molecule has 0 saturated heterocycles. The zero-order chi connectivity index (χ0) is 34.3. The van der Waals surface area contributed by atoms with E-state index in [-0.39, 0.29) is 0 Å². The highest BCUT2D eigenvalue weighted by Gasteiger charge is 2.16. The summed E-state index contributed by atoms with van der Waals surface area (Å²) < 4.78 is 0. The molecule has 2 aliphatic heterocycles. The Morgan fingerprint density at radius 3 is 1.91 bits per heavy atom. The van der Waals surface area contributed by atoms with E-state index in [9.17, 15) is 0 Å². The van der Waals surface area contributed by atoms with Gasteiger partial charge in [0.1, 0.15) is 5.82 Å². The minimum atomic E-state index is 1.02. The lowest BCUT2D eigenvalue weighted by atomic mass is 9.98. The highest BCUT2D eigenvalue weighted by Crippen LogP contribution is 2.26. The lowest BCUT2D eigenvalue weighted by Crippen LogP contribution is -2.21. The van der Waals surface area contributed by atoms with E-state index in [1.165, 1.54) is 91.4 Å². The molecule has 3 heterocycles. The molecule has 1 aromatic heterocycles. The number of aryl methyl sites for hydroxylation is 4. The molecule has 0 atom stereocenters. The maximum absolute atomic E-state index is 4.84. The fraction of sp³-hybridized carbons (Fsp3) is 0.690. The molecule has 3 heteroatoms. The minimum absolute atomic E-state index is 1.02. The van der Waals surface area contributed by atoms with Crippen LogP contribution in [0.3, 0.4) is 0 Å². The van der Waals surface area contributed by atoms with E-state index in [4.69, 9.17) is 4.98 Å². The molecule has 1 aromatic carbocycles. The molecule has 0 unspecified atom stereocenters. The van der Waals surface area contributed by atoms with E-state index < -0.39 is 0 Å². The summed E-state index contributed by atoms with van der Waals surface area (Å²) in [5, 5.41) is 3.45. The first kappa shape index (κ1) is 44.8. The van der Waals surface area contributed by atoms with Gasteiger partial charge >= 0.3 is 0 Å². The van der Waals surface area contributed by atoms with Crippen LogP contribution in [0.2, 0.25) is 0 Å². The van der Waals surface area contributed by atoms with Crippen LogP contribution in [0.5, 0.6) is 0 Å². The predicted octanol–water partition coefficient (Wildman–Crippen LogP) is 13.1. The van der Waals surface area contributed by atoms with Crippen molar-refractivity contribution in [3.8, 4) is 0 Å². The summed E-state index contributed by atoms with van der Waals surface area (Å²) in [4.78, 5) is 7.31. The van der Waals surface area contributed by atoms with Crippen molar-refractivity contribution < 1.29 is 0 Å². The highest BCUT2D eigenvalue weighted by molar-refractivity contribution is 5.47. The van der Waals surface area contributed by atoms with Crippen LogP contribution < -0.4 is 5.32 Å². The monoisotopic (exact) mass is 624 g/mol. The Hall–Kier alpha value is -2.29. The number of benzene rings is 1. The molecule has 0 bridgehead atoms. The first-order chi connectivity index (χ1) is 22.1. The summed E-state index contributed by atoms with van der Waals surface area (Å²) in [6, 6.07) is 11.6. The number of hydrogen-bond donors (Lipinski definition) is 1. The first-order valence-corrected chi connectivity index (χ1v) is 19.3. The molecule has 0 radical (unpaired) electrons. The van der Waals surface area contributed by atoms with Crippen molar-refractivity contribution in [2.75, 3.05) is 18.4 Å². The molecule has 3 nitrogen and oxygen atoms in total. The lowest BCUT2D eigenvalue weighted by Gasteiger charge is -2.24. The number of fused-ring (bicyclic) bond motifs is 2. The van der Waals surface area contributed by atoms with Crippen LogP contribution >= 0.6 is 0 Å². The van der Waals surface area contributed by atoms with Crippen LogP contribution in [0.25, 0.3) is 0 Å². The Morgan fingerprint density at radius 1 is 0.667 bits per heavy atom. The average Bonchev–Trinajstić information content (AvgIpc) is 3.26. The van der Waals surface area contributed by atoms with Gasteiger partial charge in [-0.25, -0.2) is 4.98 Å². The zero-order valence-corrected chi connectivity index (χ0v) is 32.2. The Labute approximate surface area is 283 Å². The van der Waals surface area contributed by atoms with Gasteiger partial charge < -0.3 is 10.2 Å². The Morgan fingerprint density at radius 2 is 1.31 bits per heavy atom. The predicted molar refractivity (Wildman–Crippen MR) is 207 cm³/mol. The van der Waals surface area contributed by atoms with Gasteiger partial charge in [-0.1, -0.05) is 152 Å². The number of rotatable bonds is 11. The van der Waals surface area contributed by atoms with Gasteiger partial charge in [0.15, 0.2) is 0 Å². The van der Waals surface area contributed by atoms with Crippen LogP contribution in [-0.2, 0) is 32.2 Å². The molecular weight excluding hydrogens is 546 g/mol. The molecule has 2 aliphatic rings. The molecule has 45 heavy (non-hydrogen) atoms. The zero-order valence-electron chi connectivity index (χ0n) is 32.2. The second-order valence-electron chi connectivity index (χ2n) is 11.3. The van der Waals surface area contributed by atoms with Crippen molar-refractivity contribution in [3.05, 3.63) is 70.6 Å². The van der Waals surface area contributed by atoms with Crippen molar-refractivity contribution in [2.45, 2.75) is 179 Å². The topological polar surface area (TPSA) is 28.2 Å². The largest absolute Gasteiger partial charge is 0.371 e. The normalized spacial score (nSPS) is 12.6. The van der Waals surface area contributed by atoms with Crippen molar-refractivity contribution in [2.24, 2.45) is 0 Å². The van der Waals surface area contributed by atoms with E-state index in [0.29, 0.717) is 0 Å². The molecule has 260 valence electrons. The molecule has 0 saturated carbocycles. The maximum Gasteiger partial charge on any atom is 0.129 e. The number of nitrogens with one attached hydrogen (secondary N) is 1. The number of unbranched alkanes of at least 4 members (excludes halogenated alkanes) is 5. The van der Waals surface area contributed by atoms with Gasteiger partial charge in [-0.05, 0) is 79.7 Å². The smallest absolute Gasteiger partial charge is 0.129 e. The Kier molecular flexibility index (Phi) is 31.6. The van der Waals surface area contributed by atoms with Crippen molar-refractivity contribution in [3.63, 3.8) is 0 Å². The van der Waals surface area contributed by atoms with Crippen LogP contribution in [0, 0.1) is 0 Å². The highest BCUT2D eigenvalue weighted by atomic mass is 15.1. The van der Waals surface area contributed by atoms with Gasteiger partial charge in [-0.15, -0.1) is 0 Å². The second-order valence-corrected chi connectivity index (χ2v) is 11.3. The van der Waals surface area contributed by atoms with Crippen LogP contribution in [0.4, 0.5) is 5.82 Å². The van der Waals surface area contributed by atoms with E-state index in [1.807, 2.05) is 41.5 Å². The van der Waals surface area contributed by atoms with Crippen LogP contribution in [0.15, 0.2) is 42.6 Å². The van der Waals surface area contributed by atoms with Gasteiger partial charge in [0.05, 0.1) is 0 Å². The molecule has 0 fully saturated rings. The van der Waals surface area contributed by atoms with E-state index >= 15 is 0 Å². The lowest BCUT2D eigenvalue weighted by molar-refractivity contribution is 0.333. The molecule has 0 amide bonds. The van der Waals surface area contributed by atoms with Gasteiger partial charge in [0.2, 0.25) is 0 Å². The number of allylic oxidation sites excluding steroid dienone is 1. The summed E-state index contributed by atoms with van der Waals surface area (Å²) >= 11 is 0. The second kappa shape index (κ2) is 31.7. The maximum atomic E-state index is 4.84. The molecule has 0 spiro atoms. The SMILES string of the molecule is C=C1CCc2ccc(CCCc3ccc4c(n3)NCCC4)cc2CN1CCC.CC.CC.CC.CCCC.CCCCCCC. The van der Waals surface area contributed by atoms with Crippen molar-refractivity contribution in [1.82, 2.24) is 9.88 Å². The van der Waals surface area contributed by atoms with Crippen molar-refractivity contribution >= 4 is 5.82 Å². The summed E-state index contributed by atoms with van der Waals surface area (Å²) in [7, 11) is 0. The van der Waals surface area contributed by atoms with E-state index in [2.05, 4.69) is 81.7 Å². The molecule has 0 aliphatic carbocycles. The summed E-state index contributed by atoms with van der Waals surface area (Å²) in [6.07, 6.45) is 18.7. The van der Waals surface area contributed by atoms with E-state index in [0.717, 1.165) is 64.0 Å². The van der Waals surface area contributed by atoms with Gasteiger partial charge in [-0.3, -0.25) is 0 Å². The van der Waals surface area contributed by atoms with Crippen LogP contribution in [-0.4, -0.2) is 23.0 Å². The molecular formula is C42H77N3. The summed E-state index contributed by atoms with van der Waals surface area (Å²) in [5.74, 6) is 1.12. The minimum Gasteiger partial charge on any atom is -0.371 e. The van der Waals surface area contributed by atoms with Gasteiger partial charge in [0, 0.05) is 31.0 Å². The number of aromatic nitrogens is 1. The van der Waals surface area contributed by atoms with Gasteiger partial charge in [-0.2, -0.15) is 0 Å². The quantitative estimate of drug-likeness (QED) is 0.252. The van der Waals surface area contributed by atoms with E-state index in [1.54, 1.807) is 0 Å². The molecule has 2 aromatic rings. The molecule has 1 N–H and O–H groups in total. The summed E-state index contributed by atoms with van der Waals surface area (Å²) in [5.41, 5.74) is 8.35. The number of nitrogens with zero attached hydrogens (tertiary/aromatic N) is 2. The number of hydrogen-bond acceptors (Lipinski definition) is 3. The third-order valence-corrected chi connectivity index (χ3v) is 7.81. The fourth-order valence-corrected chi connectivity index (χ4v) is 5.15.